The summed E-state index contributed by atoms with van der Waals surface area (Å²) in [5, 5.41) is 3.75. The molecule has 0 aliphatic rings. The highest BCUT2D eigenvalue weighted by atomic mass is 127. The molecule has 0 saturated carbocycles. The fourth-order valence-electron chi connectivity index (χ4n) is 1.07. The minimum absolute atomic E-state index is 0.549. The van der Waals surface area contributed by atoms with Gasteiger partial charge in [0.2, 0.25) is 0 Å². The number of hydrogen-bond acceptors (Lipinski definition) is 3. The molecule has 0 N–H and O–H groups in total. The lowest BCUT2D eigenvalue weighted by Gasteiger charge is -1.98. The van der Waals surface area contributed by atoms with E-state index in [2.05, 4.69) is 48.7 Å². The molecule has 1 heterocycles. The standard InChI is InChI=1S/C9H6BrIN2O/c1-5-12-9(14-13-5)7-4-6(11)2-3-8(7)10/h2-4H,1H3. The Morgan fingerprint density at radius 3 is 2.86 bits per heavy atom. The largest absolute Gasteiger partial charge is 0.334 e. The molecule has 0 aliphatic carbocycles. The number of nitrogens with zero attached hydrogens (tertiary/aromatic N) is 2. The molecule has 0 fully saturated rings. The summed E-state index contributed by atoms with van der Waals surface area (Å²) in [6, 6.07) is 5.98. The average Bonchev–Trinajstić information content (AvgIpc) is 2.56. The van der Waals surface area contributed by atoms with Gasteiger partial charge in [-0.2, -0.15) is 4.98 Å². The minimum Gasteiger partial charge on any atom is -0.334 e. The molecule has 5 heteroatoms. The highest BCUT2D eigenvalue weighted by molar-refractivity contribution is 14.1. The van der Waals surface area contributed by atoms with E-state index in [1.807, 2.05) is 18.2 Å². The summed E-state index contributed by atoms with van der Waals surface area (Å²) in [6.07, 6.45) is 0. The van der Waals surface area contributed by atoms with E-state index in [1.165, 1.54) is 0 Å². The first kappa shape index (κ1) is 10.1. The van der Waals surface area contributed by atoms with Gasteiger partial charge in [0.05, 0.1) is 5.56 Å². The van der Waals surface area contributed by atoms with Gasteiger partial charge >= 0.3 is 0 Å². The topological polar surface area (TPSA) is 38.9 Å². The van der Waals surface area contributed by atoms with E-state index in [4.69, 9.17) is 4.52 Å². The molecule has 0 radical (unpaired) electrons. The molecular weight excluding hydrogens is 359 g/mol. The van der Waals surface area contributed by atoms with Gasteiger partial charge in [0.15, 0.2) is 5.82 Å². The van der Waals surface area contributed by atoms with Crippen LogP contribution in [0.5, 0.6) is 0 Å². The Bertz CT molecular complexity index is 470. The fraction of sp³-hybridized carbons (Fsp3) is 0.111. The van der Waals surface area contributed by atoms with Crippen LogP contribution in [0.4, 0.5) is 0 Å². The summed E-state index contributed by atoms with van der Waals surface area (Å²) in [6.45, 7) is 1.80. The van der Waals surface area contributed by atoms with E-state index >= 15 is 0 Å². The molecular formula is C9H6BrIN2O. The molecule has 1 aromatic carbocycles. The zero-order valence-electron chi connectivity index (χ0n) is 7.29. The number of aromatic nitrogens is 2. The molecule has 2 rings (SSSR count). The highest BCUT2D eigenvalue weighted by Crippen LogP contribution is 2.28. The lowest BCUT2D eigenvalue weighted by Crippen LogP contribution is -1.82. The Hall–Kier alpha value is -0.430. The van der Waals surface area contributed by atoms with Crippen LogP contribution in [0.1, 0.15) is 5.82 Å². The summed E-state index contributed by atoms with van der Waals surface area (Å²) in [5.74, 6) is 1.19. The molecule has 0 amide bonds. The maximum absolute atomic E-state index is 5.09. The van der Waals surface area contributed by atoms with E-state index in [0.717, 1.165) is 13.6 Å². The maximum atomic E-state index is 5.09. The number of halogens is 2. The molecule has 0 saturated heterocycles. The van der Waals surface area contributed by atoms with Crippen LogP contribution < -0.4 is 0 Å². The van der Waals surface area contributed by atoms with Crippen LogP contribution in [0.3, 0.4) is 0 Å². The number of benzene rings is 1. The van der Waals surface area contributed by atoms with Crippen LogP contribution in [0.25, 0.3) is 11.5 Å². The van der Waals surface area contributed by atoms with Crippen molar-refractivity contribution >= 4 is 38.5 Å². The predicted octanol–water partition coefficient (Wildman–Crippen LogP) is 3.41. The Morgan fingerprint density at radius 1 is 1.43 bits per heavy atom. The van der Waals surface area contributed by atoms with Gasteiger partial charge in [-0.05, 0) is 63.6 Å². The van der Waals surface area contributed by atoms with Crippen molar-refractivity contribution in [2.24, 2.45) is 0 Å². The number of hydrogen-bond donors (Lipinski definition) is 0. The first-order valence-corrected chi connectivity index (χ1v) is 5.80. The first-order valence-electron chi connectivity index (χ1n) is 3.92. The van der Waals surface area contributed by atoms with Crippen molar-refractivity contribution in [3.05, 3.63) is 32.1 Å². The molecule has 2 aromatic rings. The third kappa shape index (κ3) is 1.98. The van der Waals surface area contributed by atoms with E-state index in [-0.39, 0.29) is 0 Å². The molecule has 0 bridgehead atoms. The van der Waals surface area contributed by atoms with E-state index in [9.17, 15) is 0 Å². The first-order chi connectivity index (χ1) is 6.66. The van der Waals surface area contributed by atoms with Crippen molar-refractivity contribution in [2.45, 2.75) is 6.92 Å². The molecule has 0 unspecified atom stereocenters. The molecule has 0 spiro atoms. The number of rotatable bonds is 1. The van der Waals surface area contributed by atoms with Gasteiger partial charge in [-0.25, -0.2) is 0 Å². The quantitative estimate of drug-likeness (QED) is 0.728. The van der Waals surface area contributed by atoms with E-state index < -0.39 is 0 Å². The van der Waals surface area contributed by atoms with Crippen molar-refractivity contribution in [1.29, 1.82) is 0 Å². The SMILES string of the molecule is Cc1noc(-c2cc(I)ccc2Br)n1. The molecule has 0 aliphatic heterocycles. The smallest absolute Gasteiger partial charge is 0.259 e. The molecule has 72 valence electrons. The molecule has 14 heavy (non-hydrogen) atoms. The zero-order chi connectivity index (χ0) is 10.1. The summed E-state index contributed by atoms with van der Waals surface area (Å²) in [5.41, 5.74) is 0.928. The van der Waals surface area contributed by atoms with Crippen LogP contribution in [0.2, 0.25) is 0 Å². The lowest BCUT2D eigenvalue weighted by molar-refractivity contribution is 0.425. The van der Waals surface area contributed by atoms with Gasteiger partial charge in [-0.3, -0.25) is 0 Å². The van der Waals surface area contributed by atoms with Crippen LogP contribution in [0, 0.1) is 10.5 Å². The Balaban J connectivity index is 2.55. The summed E-state index contributed by atoms with van der Waals surface area (Å²) in [4.78, 5) is 4.17. The monoisotopic (exact) mass is 364 g/mol. The summed E-state index contributed by atoms with van der Waals surface area (Å²) < 4.78 is 7.19. The van der Waals surface area contributed by atoms with Gasteiger partial charge in [-0.15, -0.1) is 0 Å². The Morgan fingerprint density at radius 2 is 2.21 bits per heavy atom. The van der Waals surface area contributed by atoms with Crippen molar-refractivity contribution in [1.82, 2.24) is 10.1 Å². The fourth-order valence-corrected chi connectivity index (χ4v) is 1.98. The molecule has 1 aromatic heterocycles. The van der Waals surface area contributed by atoms with E-state index in [0.29, 0.717) is 11.7 Å². The van der Waals surface area contributed by atoms with Crippen LogP contribution >= 0.6 is 38.5 Å². The second-order valence-electron chi connectivity index (χ2n) is 2.77. The van der Waals surface area contributed by atoms with Crippen molar-refractivity contribution < 1.29 is 4.52 Å². The predicted molar refractivity (Wildman–Crippen MR) is 64.9 cm³/mol. The van der Waals surface area contributed by atoms with Gasteiger partial charge in [0.25, 0.3) is 5.89 Å². The normalized spacial score (nSPS) is 10.5. The van der Waals surface area contributed by atoms with Gasteiger partial charge in [0, 0.05) is 8.04 Å². The average molecular weight is 365 g/mol. The Labute approximate surface area is 103 Å². The summed E-state index contributed by atoms with van der Waals surface area (Å²) in [7, 11) is 0. The second kappa shape index (κ2) is 3.98. The third-order valence-corrected chi connectivity index (χ3v) is 3.05. The molecule has 3 nitrogen and oxygen atoms in total. The lowest BCUT2D eigenvalue weighted by atomic mass is 10.2. The van der Waals surface area contributed by atoms with E-state index in [1.54, 1.807) is 6.92 Å². The minimum atomic E-state index is 0.549. The highest BCUT2D eigenvalue weighted by Gasteiger charge is 2.10. The summed E-state index contributed by atoms with van der Waals surface area (Å²) >= 11 is 5.69. The third-order valence-electron chi connectivity index (χ3n) is 1.69. The van der Waals surface area contributed by atoms with Crippen molar-refractivity contribution in [2.75, 3.05) is 0 Å². The van der Waals surface area contributed by atoms with Crippen LogP contribution in [-0.2, 0) is 0 Å². The maximum Gasteiger partial charge on any atom is 0.259 e. The zero-order valence-corrected chi connectivity index (χ0v) is 11.0. The van der Waals surface area contributed by atoms with Crippen molar-refractivity contribution in [3.63, 3.8) is 0 Å². The van der Waals surface area contributed by atoms with Crippen LogP contribution in [-0.4, -0.2) is 10.1 Å². The molecule has 0 atom stereocenters. The number of aryl methyl sites for hydroxylation is 1. The van der Waals surface area contributed by atoms with Gasteiger partial charge in [-0.1, -0.05) is 5.16 Å². The Kier molecular flexibility index (Phi) is 2.87. The van der Waals surface area contributed by atoms with Gasteiger partial charge in [0.1, 0.15) is 0 Å². The van der Waals surface area contributed by atoms with Crippen molar-refractivity contribution in [3.8, 4) is 11.5 Å². The second-order valence-corrected chi connectivity index (χ2v) is 4.87. The van der Waals surface area contributed by atoms with Gasteiger partial charge < -0.3 is 4.52 Å². The van der Waals surface area contributed by atoms with Crippen LogP contribution in [0.15, 0.2) is 27.2 Å².